The van der Waals surface area contributed by atoms with Gasteiger partial charge in [0.15, 0.2) is 0 Å². The van der Waals surface area contributed by atoms with Gasteiger partial charge >= 0.3 is 0 Å². The van der Waals surface area contributed by atoms with Crippen LogP contribution < -0.4 is 5.73 Å². The van der Waals surface area contributed by atoms with E-state index >= 15 is 0 Å². The van der Waals surface area contributed by atoms with E-state index in [0.717, 1.165) is 19.3 Å². The zero-order chi connectivity index (χ0) is 13.7. The molecule has 2 heterocycles. The van der Waals surface area contributed by atoms with Crippen molar-refractivity contribution in [3.8, 4) is 0 Å². The van der Waals surface area contributed by atoms with Crippen molar-refractivity contribution in [1.82, 2.24) is 9.88 Å². The maximum absolute atomic E-state index is 12.2. The van der Waals surface area contributed by atoms with Gasteiger partial charge in [0, 0.05) is 32.5 Å². The van der Waals surface area contributed by atoms with Crippen LogP contribution in [0.3, 0.4) is 0 Å². The highest BCUT2D eigenvalue weighted by atomic mass is 35.5. The minimum absolute atomic E-state index is 0. The smallest absolute Gasteiger partial charge is 0.251 e. The SMILES string of the molecule is CN(CCc1ccncc1)C(=O)[C@@H]1CC[C@H](CN)O1.Cl.Cl. The number of amides is 1. The molecule has 0 bridgehead atoms. The van der Waals surface area contributed by atoms with Crippen LogP contribution in [0, 0.1) is 0 Å². The Hall–Kier alpha value is -0.880. The Morgan fingerprint density at radius 3 is 2.62 bits per heavy atom. The minimum Gasteiger partial charge on any atom is -0.364 e. The van der Waals surface area contributed by atoms with Crippen LogP contribution >= 0.6 is 24.8 Å². The summed E-state index contributed by atoms with van der Waals surface area (Å²) in [6.45, 7) is 1.18. The first-order valence-electron chi connectivity index (χ1n) is 6.70. The maximum Gasteiger partial charge on any atom is 0.251 e. The summed E-state index contributed by atoms with van der Waals surface area (Å²) in [6, 6.07) is 3.93. The molecule has 0 aromatic carbocycles. The fourth-order valence-corrected chi connectivity index (χ4v) is 2.26. The van der Waals surface area contributed by atoms with Gasteiger partial charge in [0.25, 0.3) is 5.91 Å². The highest BCUT2D eigenvalue weighted by Crippen LogP contribution is 2.20. The van der Waals surface area contributed by atoms with Gasteiger partial charge in [-0.25, -0.2) is 0 Å². The Bertz CT molecular complexity index is 420. The van der Waals surface area contributed by atoms with E-state index < -0.39 is 0 Å². The number of hydrogen-bond acceptors (Lipinski definition) is 4. The Kier molecular flexibility index (Phi) is 9.53. The number of aromatic nitrogens is 1. The first kappa shape index (κ1) is 20.1. The van der Waals surface area contributed by atoms with Crippen molar-refractivity contribution >= 4 is 30.7 Å². The number of hydrogen-bond donors (Lipinski definition) is 1. The van der Waals surface area contributed by atoms with Gasteiger partial charge in [-0.1, -0.05) is 0 Å². The third-order valence-corrected chi connectivity index (χ3v) is 3.51. The van der Waals surface area contributed by atoms with Gasteiger partial charge in [-0.3, -0.25) is 9.78 Å². The summed E-state index contributed by atoms with van der Waals surface area (Å²) < 4.78 is 5.62. The summed E-state index contributed by atoms with van der Waals surface area (Å²) in [5.74, 6) is 0.0602. The second-order valence-electron chi connectivity index (χ2n) is 4.93. The van der Waals surface area contributed by atoms with Crippen LogP contribution in [0.2, 0.25) is 0 Å². The third-order valence-electron chi connectivity index (χ3n) is 3.51. The van der Waals surface area contributed by atoms with Crippen molar-refractivity contribution in [3.63, 3.8) is 0 Å². The van der Waals surface area contributed by atoms with Crippen LogP contribution in [0.1, 0.15) is 18.4 Å². The van der Waals surface area contributed by atoms with Crippen molar-refractivity contribution in [2.75, 3.05) is 20.1 Å². The van der Waals surface area contributed by atoms with E-state index in [-0.39, 0.29) is 42.9 Å². The average molecular weight is 336 g/mol. The van der Waals surface area contributed by atoms with Gasteiger partial charge < -0.3 is 15.4 Å². The normalized spacial score (nSPS) is 20.3. The van der Waals surface area contributed by atoms with Crippen LogP contribution in [-0.4, -0.2) is 48.1 Å². The molecule has 2 atom stereocenters. The number of ether oxygens (including phenoxy) is 1. The summed E-state index contributed by atoms with van der Waals surface area (Å²) in [7, 11) is 1.82. The van der Waals surface area contributed by atoms with Gasteiger partial charge in [0.05, 0.1) is 6.10 Å². The monoisotopic (exact) mass is 335 g/mol. The van der Waals surface area contributed by atoms with E-state index in [1.165, 1.54) is 5.56 Å². The van der Waals surface area contributed by atoms with Gasteiger partial charge in [-0.05, 0) is 37.0 Å². The molecule has 0 saturated carbocycles. The summed E-state index contributed by atoms with van der Waals surface area (Å²) in [6.07, 6.45) is 5.76. The van der Waals surface area contributed by atoms with Crippen molar-refractivity contribution < 1.29 is 9.53 Å². The molecule has 2 N–H and O–H groups in total. The molecule has 0 spiro atoms. The standard InChI is InChI=1S/C14H21N3O2.2ClH/c1-17(9-6-11-4-7-16-8-5-11)14(18)13-3-2-12(10-15)19-13;;/h4-5,7-8,12-13H,2-3,6,9-10,15H2,1H3;2*1H/t12-,13+;;/m1../s1. The van der Waals surface area contributed by atoms with Crippen LogP contribution in [0.5, 0.6) is 0 Å². The number of carbonyl (C=O) groups excluding carboxylic acids is 1. The number of halogens is 2. The quantitative estimate of drug-likeness (QED) is 0.883. The fraction of sp³-hybridized carbons (Fsp3) is 0.571. The molecule has 5 nitrogen and oxygen atoms in total. The van der Waals surface area contributed by atoms with Crippen molar-refractivity contribution in [3.05, 3.63) is 30.1 Å². The summed E-state index contributed by atoms with van der Waals surface area (Å²) in [4.78, 5) is 17.9. The van der Waals surface area contributed by atoms with Gasteiger partial charge in [0.2, 0.25) is 0 Å². The molecule has 1 aromatic heterocycles. The van der Waals surface area contributed by atoms with Crippen LogP contribution in [0.4, 0.5) is 0 Å². The molecule has 7 heteroatoms. The van der Waals surface area contributed by atoms with Crippen molar-refractivity contribution in [1.29, 1.82) is 0 Å². The second-order valence-corrected chi connectivity index (χ2v) is 4.93. The lowest BCUT2D eigenvalue weighted by Crippen LogP contribution is -2.38. The second kappa shape index (κ2) is 9.95. The molecule has 2 rings (SSSR count). The predicted octanol–water partition coefficient (Wildman–Crippen LogP) is 1.43. The van der Waals surface area contributed by atoms with Gasteiger partial charge in [-0.2, -0.15) is 0 Å². The zero-order valence-corrected chi connectivity index (χ0v) is 13.7. The molecule has 21 heavy (non-hydrogen) atoms. The molecule has 0 aliphatic carbocycles. The number of carbonyl (C=O) groups is 1. The van der Waals surface area contributed by atoms with E-state index in [0.29, 0.717) is 13.1 Å². The van der Waals surface area contributed by atoms with Crippen LogP contribution in [0.25, 0.3) is 0 Å². The average Bonchev–Trinajstić information content (AvgIpc) is 2.94. The van der Waals surface area contributed by atoms with E-state index in [1.54, 1.807) is 17.3 Å². The van der Waals surface area contributed by atoms with E-state index in [4.69, 9.17) is 10.5 Å². The number of nitrogens with zero attached hydrogens (tertiary/aromatic N) is 2. The molecule has 1 amide bonds. The molecule has 0 unspecified atom stereocenters. The summed E-state index contributed by atoms with van der Waals surface area (Å²) >= 11 is 0. The first-order chi connectivity index (χ1) is 9.20. The number of pyridine rings is 1. The highest BCUT2D eigenvalue weighted by molar-refractivity contribution is 5.85. The number of rotatable bonds is 5. The molecule has 1 aromatic rings. The predicted molar refractivity (Wildman–Crippen MR) is 87.0 cm³/mol. The summed E-state index contributed by atoms with van der Waals surface area (Å²) in [5.41, 5.74) is 6.73. The number of nitrogens with two attached hydrogens (primary N) is 1. The Balaban J connectivity index is 0.00000200. The Labute approximate surface area is 138 Å². The first-order valence-corrected chi connectivity index (χ1v) is 6.70. The maximum atomic E-state index is 12.2. The molecular formula is C14H23Cl2N3O2. The zero-order valence-electron chi connectivity index (χ0n) is 12.1. The largest absolute Gasteiger partial charge is 0.364 e. The lowest BCUT2D eigenvalue weighted by Gasteiger charge is -2.21. The van der Waals surface area contributed by atoms with Crippen molar-refractivity contribution in [2.24, 2.45) is 5.73 Å². The minimum atomic E-state index is -0.309. The topological polar surface area (TPSA) is 68.5 Å². The molecule has 1 fully saturated rings. The molecular weight excluding hydrogens is 313 g/mol. The highest BCUT2D eigenvalue weighted by Gasteiger charge is 2.31. The van der Waals surface area contributed by atoms with Gasteiger partial charge in [0.1, 0.15) is 6.10 Å². The summed E-state index contributed by atoms with van der Waals surface area (Å²) in [5, 5.41) is 0. The molecule has 1 aliphatic rings. The Morgan fingerprint density at radius 2 is 2.05 bits per heavy atom. The third kappa shape index (κ3) is 5.79. The molecule has 1 saturated heterocycles. The van der Waals surface area contributed by atoms with E-state index in [2.05, 4.69) is 4.98 Å². The molecule has 0 radical (unpaired) electrons. The van der Waals surface area contributed by atoms with Crippen molar-refractivity contribution in [2.45, 2.75) is 31.5 Å². The lowest BCUT2D eigenvalue weighted by atomic mass is 10.1. The fourth-order valence-electron chi connectivity index (χ4n) is 2.26. The lowest BCUT2D eigenvalue weighted by molar-refractivity contribution is -0.141. The van der Waals surface area contributed by atoms with Gasteiger partial charge in [-0.15, -0.1) is 24.8 Å². The number of likely N-dealkylation sites (N-methyl/N-ethyl adjacent to an activating group) is 1. The Morgan fingerprint density at radius 1 is 1.38 bits per heavy atom. The molecule has 120 valence electrons. The van der Waals surface area contributed by atoms with Crippen LogP contribution in [0.15, 0.2) is 24.5 Å². The van der Waals surface area contributed by atoms with E-state index in [1.807, 2.05) is 19.2 Å². The van der Waals surface area contributed by atoms with E-state index in [9.17, 15) is 4.79 Å². The van der Waals surface area contributed by atoms with Crippen LogP contribution in [-0.2, 0) is 16.0 Å². The molecule has 1 aliphatic heterocycles.